The molecule has 0 fully saturated rings. The minimum atomic E-state index is -0.161. The van der Waals surface area contributed by atoms with Crippen molar-refractivity contribution in [2.75, 3.05) is 0 Å². The topological polar surface area (TPSA) is 18.5 Å². The molecule has 2 heteroatoms. The Morgan fingerprint density at radius 2 is 0.837 bits per heavy atom. The summed E-state index contributed by atoms with van der Waals surface area (Å²) in [6.45, 7) is 13.9. The first-order valence-corrected chi connectivity index (χ1v) is 19.5. The predicted octanol–water partition coefficient (Wildman–Crippen LogP) is 14.7. The molecule has 0 heterocycles. The van der Waals surface area contributed by atoms with Crippen molar-refractivity contribution in [3.8, 4) is 23.0 Å². The van der Waals surface area contributed by atoms with Crippen LogP contribution in [0.2, 0.25) is 0 Å². The molecule has 2 nitrogen and oxygen atoms in total. The maximum Gasteiger partial charge on any atom is 0.130 e. The molecular formula is C47H64O2. The lowest BCUT2D eigenvalue weighted by Crippen LogP contribution is -2.18. The van der Waals surface area contributed by atoms with Gasteiger partial charge in [0.2, 0.25) is 0 Å². The van der Waals surface area contributed by atoms with E-state index in [-0.39, 0.29) is 5.41 Å². The van der Waals surface area contributed by atoms with Crippen LogP contribution in [0.3, 0.4) is 0 Å². The quantitative estimate of drug-likeness (QED) is 0.0781. The van der Waals surface area contributed by atoms with Gasteiger partial charge < -0.3 is 9.47 Å². The number of ether oxygens (including phenoxy) is 2. The maximum absolute atomic E-state index is 6.46. The van der Waals surface area contributed by atoms with Gasteiger partial charge in [0, 0.05) is 5.41 Å². The molecule has 0 aliphatic heterocycles. The summed E-state index contributed by atoms with van der Waals surface area (Å²) in [7, 11) is 0. The Morgan fingerprint density at radius 1 is 0.469 bits per heavy atom. The van der Waals surface area contributed by atoms with Crippen molar-refractivity contribution in [2.24, 2.45) is 11.8 Å². The molecule has 2 atom stereocenters. The van der Waals surface area contributed by atoms with Crippen molar-refractivity contribution in [1.82, 2.24) is 0 Å². The number of para-hydroxylation sites is 2. The van der Waals surface area contributed by atoms with Crippen LogP contribution < -0.4 is 9.47 Å². The van der Waals surface area contributed by atoms with Crippen LogP contribution in [0, 0.1) is 11.8 Å². The Labute approximate surface area is 299 Å². The van der Waals surface area contributed by atoms with E-state index < -0.39 is 0 Å². The van der Waals surface area contributed by atoms with Gasteiger partial charge in [-0.1, -0.05) is 179 Å². The Hall–Kier alpha value is -3.52. The third kappa shape index (κ3) is 12.4. The molecule has 0 spiro atoms. The fourth-order valence-electron chi connectivity index (χ4n) is 6.99. The largest absolute Gasteiger partial charge is 0.457 e. The minimum absolute atomic E-state index is 0.161. The molecule has 0 aliphatic rings. The number of benzene rings is 4. The molecule has 0 aromatic heterocycles. The SMILES string of the molecule is CCCCCCCC(C)Cc1ccccc1Oc1ccc(C(C)(C)c2ccc(Oc3ccccc3CC(C)CCCCCCC)cc2)cc1. The van der Waals surface area contributed by atoms with Crippen LogP contribution >= 0.6 is 0 Å². The zero-order valence-electron chi connectivity index (χ0n) is 31.6. The summed E-state index contributed by atoms with van der Waals surface area (Å²) in [5, 5.41) is 0. The maximum atomic E-state index is 6.46. The Bertz CT molecular complexity index is 1370. The first-order chi connectivity index (χ1) is 23.8. The molecule has 4 aromatic carbocycles. The number of hydrogen-bond acceptors (Lipinski definition) is 2. The summed E-state index contributed by atoms with van der Waals surface area (Å²) in [6.07, 6.45) is 18.1. The van der Waals surface area contributed by atoms with E-state index in [2.05, 4.69) is 139 Å². The summed E-state index contributed by atoms with van der Waals surface area (Å²) in [5.74, 6) is 5.02. The highest BCUT2D eigenvalue weighted by Gasteiger charge is 2.23. The average molecular weight is 661 g/mol. The van der Waals surface area contributed by atoms with Gasteiger partial charge in [0.15, 0.2) is 0 Å². The second-order valence-electron chi connectivity index (χ2n) is 15.1. The van der Waals surface area contributed by atoms with Gasteiger partial charge >= 0.3 is 0 Å². The van der Waals surface area contributed by atoms with Crippen LogP contribution in [0.15, 0.2) is 97.1 Å². The predicted molar refractivity (Wildman–Crippen MR) is 211 cm³/mol. The fourth-order valence-corrected chi connectivity index (χ4v) is 6.99. The molecule has 0 saturated heterocycles. The van der Waals surface area contributed by atoms with Crippen molar-refractivity contribution >= 4 is 0 Å². The molecule has 264 valence electrons. The number of hydrogen-bond donors (Lipinski definition) is 0. The Kier molecular flexibility index (Phi) is 15.8. The van der Waals surface area contributed by atoms with E-state index in [1.807, 2.05) is 0 Å². The van der Waals surface area contributed by atoms with Gasteiger partial charge in [-0.3, -0.25) is 0 Å². The average Bonchev–Trinajstić information content (AvgIpc) is 3.10. The van der Waals surface area contributed by atoms with Gasteiger partial charge in [-0.05, 0) is 83.3 Å². The third-order valence-electron chi connectivity index (χ3n) is 10.3. The van der Waals surface area contributed by atoms with Gasteiger partial charge in [0.25, 0.3) is 0 Å². The summed E-state index contributed by atoms with van der Waals surface area (Å²) in [4.78, 5) is 0. The van der Waals surface area contributed by atoms with E-state index in [0.29, 0.717) is 11.8 Å². The van der Waals surface area contributed by atoms with Crippen molar-refractivity contribution in [1.29, 1.82) is 0 Å². The van der Waals surface area contributed by atoms with Gasteiger partial charge in [0.05, 0.1) is 0 Å². The minimum Gasteiger partial charge on any atom is -0.457 e. The highest BCUT2D eigenvalue weighted by Crippen LogP contribution is 2.36. The molecule has 4 aromatic rings. The smallest absolute Gasteiger partial charge is 0.130 e. The highest BCUT2D eigenvalue weighted by atomic mass is 16.5. The lowest BCUT2D eigenvalue weighted by atomic mass is 9.78. The molecule has 0 bridgehead atoms. The molecule has 2 unspecified atom stereocenters. The molecule has 0 radical (unpaired) electrons. The zero-order valence-corrected chi connectivity index (χ0v) is 31.6. The van der Waals surface area contributed by atoms with Crippen LogP contribution in [0.4, 0.5) is 0 Å². The van der Waals surface area contributed by atoms with Crippen molar-refractivity contribution in [2.45, 2.75) is 137 Å². The third-order valence-corrected chi connectivity index (χ3v) is 10.3. The van der Waals surface area contributed by atoms with Crippen molar-refractivity contribution < 1.29 is 9.47 Å². The fraction of sp³-hybridized carbons (Fsp3) is 0.489. The molecule has 0 aliphatic carbocycles. The molecule has 0 N–H and O–H groups in total. The molecule has 4 rings (SSSR count). The lowest BCUT2D eigenvalue weighted by Gasteiger charge is -2.26. The monoisotopic (exact) mass is 660 g/mol. The van der Waals surface area contributed by atoms with E-state index >= 15 is 0 Å². The van der Waals surface area contributed by atoms with E-state index in [4.69, 9.17) is 9.47 Å². The molecule has 0 saturated carbocycles. The summed E-state index contributed by atoms with van der Waals surface area (Å²) in [6, 6.07) is 34.4. The molecular weight excluding hydrogens is 597 g/mol. The number of rotatable bonds is 22. The van der Waals surface area contributed by atoms with Crippen molar-refractivity contribution in [3.63, 3.8) is 0 Å². The van der Waals surface area contributed by atoms with Crippen LogP contribution in [0.5, 0.6) is 23.0 Å². The van der Waals surface area contributed by atoms with Crippen molar-refractivity contribution in [3.05, 3.63) is 119 Å². The van der Waals surface area contributed by atoms with Gasteiger partial charge in [0.1, 0.15) is 23.0 Å². The number of unbranched alkanes of at least 4 members (excludes halogenated alkanes) is 8. The normalized spacial score (nSPS) is 12.9. The molecule has 0 amide bonds. The van der Waals surface area contributed by atoms with Crippen LogP contribution in [0.25, 0.3) is 0 Å². The second-order valence-corrected chi connectivity index (χ2v) is 15.1. The van der Waals surface area contributed by atoms with Gasteiger partial charge in [-0.25, -0.2) is 0 Å². The summed E-state index contributed by atoms with van der Waals surface area (Å²) < 4.78 is 12.9. The van der Waals surface area contributed by atoms with Crippen LogP contribution in [-0.4, -0.2) is 0 Å². The first-order valence-electron chi connectivity index (χ1n) is 19.5. The Morgan fingerprint density at radius 3 is 1.22 bits per heavy atom. The first kappa shape index (κ1) is 38.3. The second kappa shape index (κ2) is 20.2. The lowest BCUT2D eigenvalue weighted by molar-refractivity contribution is 0.451. The zero-order chi connectivity index (χ0) is 34.9. The Balaban J connectivity index is 1.34. The summed E-state index contributed by atoms with van der Waals surface area (Å²) in [5.41, 5.74) is 4.95. The van der Waals surface area contributed by atoms with Gasteiger partial charge in [-0.15, -0.1) is 0 Å². The van der Waals surface area contributed by atoms with Gasteiger partial charge in [-0.2, -0.15) is 0 Å². The highest BCUT2D eigenvalue weighted by molar-refractivity contribution is 5.45. The molecule has 49 heavy (non-hydrogen) atoms. The van der Waals surface area contributed by atoms with Crippen LogP contribution in [-0.2, 0) is 18.3 Å². The summed E-state index contributed by atoms with van der Waals surface area (Å²) >= 11 is 0. The van der Waals surface area contributed by atoms with E-state index in [9.17, 15) is 0 Å². The van der Waals surface area contributed by atoms with E-state index in [1.165, 1.54) is 99.3 Å². The van der Waals surface area contributed by atoms with E-state index in [0.717, 1.165) is 35.8 Å². The van der Waals surface area contributed by atoms with Crippen LogP contribution in [0.1, 0.15) is 141 Å². The van der Waals surface area contributed by atoms with E-state index in [1.54, 1.807) is 0 Å². The standard InChI is InChI=1S/C47H64O2/c1-7-9-11-13-15-21-37(3)35-39-23-17-19-25-45(39)48-43-31-27-41(28-32-43)47(5,6)42-29-33-44(34-30-42)49-46-26-20-18-24-40(46)36-38(4)22-16-14-12-10-8-2/h17-20,23-34,37-38H,7-16,21-22,35-36H2,1-6H3.